The molecule has 6 aliphatic heterocycles. The van der Waals surface area contributed by atoms with Crippen molar-refractivity contribution in [2.75, 3.05) is 9.80 Å². The molecular weight excluding hydrogens is 1360 g/mol. The zero-order valence-corrected chi connectivity index (χ0v) is 58.7. The van der Waals surface area contributed by atoms with Crippen LogP contribution in [0.1, 0.15) is 30.2 Å². The van der Waals surface area contributed by atoms with E-state index in [4.69, 9.17) is 9.47 Å². The van der Waals surface area contributed by atoms with Gasteiger partial charge in [-0.05, 0) is 132 Å². The second-order valence-corrected chi connectivity index (χ2v) is 29.1. The van der Waals surface area contributed by atoms with Crippen molar-refractivity contribution in [3.8, 4) is 84.6 Å². The van der Waals surface area contributed by atoms with E-state index in [2.05, 4.69) is 50.8 Å². The van der Waals surface area contributed by atoms with Gasteiger partial charge in [0.15, 0.2) is 0 Å². The fraction of sp³-hybridized carbons (Fsp3) is 0. The van der Waals surface area contributed by atoms with E-state index >= 15 is 0 Å². The van der Waals surface area contributed by atoms with Gasteiger partial charge in [0, 0.05) is 99.7 Å². The van der Waals surface area contributed by atoms with Gasteiger partial charge in [-0.15, -0.1) is 0 Å². The number of hydrogen-bond donors (Lipinski definition) is 0. The lowest BCUT2D eigenvalue weighted by Crippen LogP contribution is -2.67. The molecule has 0 spiro atoms. The van der Waals surface area contributed by atoms with Gasteiger partial charge in [-0.2, -0.15) is 0 Å². The molecule has 20 aromatic rings. The fourth-order valence-corrected chi connectivity index (χ4v) is 19.5. The molecule has 0 bridgehead atoms. The molecule has 0 radical (unpaired) electrons. The van der Waals surface area contributed by atoms with Crippen molar-refractivity contribution in [1.82, 2.24) is 13.7 Å². The van der Waals surface area contributed by atoms with Crippen molar-refractivity contribution in [3.05, 3.63) is 363 Å². The third-order valence-electron chi connectivity index (χ3n) is 23.7. The van der Waals surface area contributed by atoms with Crippen LogP contribution in [0.25, 0.3) is 127 Å². The Morgan fingerprint density at radius 1 is 0.250 bits per heavy atom. The van der Waals surface area contributed by atoms with Crippen LogP contribution in [0.5, 0.6) is 23.0 Å². The molecule has 26 rings (SSSR count). The highest BCUT2D eigenvalue weighted by atomic mass is 16.5. The third kappa shape index (κ3) is 7.96. The van der Waals surface area contributed by atoms with Crippen molar-refractivity contribution < 1.29 is 39.6 Å². The van der Waals surface area contributed by atoms with Gasteiger partial charge in [-0.3, -0.25) is 0 Å². The minimum atomic E-state index is -1.61. The summed E-state index contributed by atoms with van der Waals surface area (Å²) in [7, 11) is 0. The maximum atomic E-state index is 10.6. The third-order valence-corrected chi connectivity index (χ3v) is 23.7. The summed E-state index contributed by atoms with van der Waals surface area (Å²) in [6.45, 7) is -4.72. The molecule has 0 fully saturated rings. The highest BCUT2D eigenvalue weighted by molar-refractivity contribution is 7.05. The molecular formula is C102H60B3N5O2. The van der Waals surface area contributed by atoms with E-state index in [-0.39, 0.29) is 122 Å². The van der Waals surface area contributed by atoms with E-state index in [9.17, 15) is 30.2 Å². The van der Waals surface area contributed by atoms with Gasteiger partial charge in [-0.1, -0.05) is 303 Å². The smallest absolute Gasteiger partial charge is 0.261 e. The minimum Gasteiger partial charge on any atom is -0.459 e. The number of fused-ring (bicyclic) bond motifs is 23. The number of para-hydroxylation sites is 10. The van der Waals surface area contributed by atoms with Crippen LogP contribution < -0.4 is 68.4 Å². The summed E-state index contributed by atoms with van der Waals surface area (Å²) in [5, 5.41) is 1.17. The second-order valence-electron chi connectivity index (χ2n) is 29.1. The number of aromatic nitrogens is 3. The summed E-state index contributed by atoms with van der Waals surface area (Å²) in [5.74, 6) is -1.07. The first-order valence-corrected chi connectivity index (χ1v) is 37.1. The van der Waals surface area contributed by atoms with Crippen LogP contribution in [0.2, 0.25) is 0 Å². The molecule has 7 nitrogen and oxygen atoms in total. The van der Waals surface area contributed by atoms with Crippen LogP contribution in [0.3, 0.4) is 0 Å². The predicted molar refractivity (Wildman–Crippen MR) is 468 cm³/mol. The van der Waals surface area contributed by atoms with E-state index in [0.29, 0.717) is 56.2 Å². The van der Waals surface area contributed by atoms with Crippen molar-refractivity contribution in [3.63, 3.8) is 0 Å². The molecule has 3 aromatic heterocycles. The molecule has 6 aliphatic rings. The lowest BCUT2D eigenvalue weighted by Gasteiger charge is -2.48. The summed E-state index contributed by atoms with van der Waals surface area (Å²) < 4.78 is 242. The van der Waals surface area contributed by atoms with Gasteiger partial charge in [0.25, 0.3) is 20.1 Å². The quantitative estimate of drug-likeness (QED) is 0.149. The average Bonchev–Trinajstić information content (AvgIpc) is 1.18. The van der Waals surface area contributed by atoms with Gasteiger partial charge in [0.2, 0.25) is 0 Å². The topological polar surface area (TPSA) is 39.7 Å². The number of benzene rings is 17. The summed E-state index contributed by atoms with van der Waals surface area (Å²) >= 11 is 0. The zero-order chi connectivity index (χ0) is 91.9. The van der Waals surface area contributed by atoms with Gasteiger partial charge in [0.05, 0.1) is 69.3 Å². The van der Waals surface area contributed by atoms with Gasteiger partial charge < -0.3 is 33.0 Å². The van der Waals surface area contributed by atoms with Crippen molar-refractivity contribution in [2.24, 2.45) is 0 Å². The number of ether oxygens (including phenoxy) is 2. The number of hydrogen-bond acceptors (Lipinski definition) is 4. The Balaban J connectivity index is 0.963. The lowest BCUT2D eigenvalue weighted by molar-refractivity contribution is 0.490. The molecule has 0 aliphatic carbocycles. The molecule has 0 saturated carbocycles. The number of nitrogens with zero attached hydrogens (tertiary/aromatic N) is 5. The monoisotopic (exact) mass is 1440 g/mol. The maximum Gasteiger partial charge on any atom is 0.261 e. The summed E-state index contributed by atoms with van der Waals surface area (Å²) in [6.07, 6.45) is 0. The van der Waals surface area contributed by atoms with E-state index in [1.54, 1.807) is 9.13 Å². The van der Waals surface area contributed by atoms with Crippen LogP contribution in [-0.2, 0) is 0 Å². The molecule has 0 saturated heterocycles. The number of rotatable bonds is 7. The van der Waals surface area contributed by atoms with E-state index in [0.717, 1.165) is 44.1 Å². The van der Waals surface area contributed by atoms with Gasteiger partial charge in [0.1, 0.15) is 23.0 Å². The standard InChI is InChI=1S/C102H60B3N5O2/c1-5-29-61(30-6-1)66-41-25-42-67(62-31-7-2-8-32-62)97(66)109-84-57-65(106-80-51-19-13-37-70(80)71-38-14-20-52-81(71)106)58-85-92(84)105(95-88(109)59-86-93-101(95)111-90-55-23-17-47-76(90)103(93)78-49-27-45-74-72-39-15-21-53-82(72)107(86)99(74)78)96-89(110(85)98-68(63-33-9-3-10-34-63)43-26-44-69(98)64-35-11-4-12-36-64)60-87-94-102(96)112-91-56-24-18-48-77(91)104(94)79-50-28-46-75-73-40-16-22-54-83(73)108(87)100(75)79/h1-60H/i15D,16D,17D,18D,21D,22D,23D,24D,27D,28D,39D,40D,45D,46D,47D,48D,49D,50D,53D,54D,55D,56D. The van der Waals surface area contributed by atoms with Gasteiger partial charge in [-0.25, -0.2) is 0 Å². The maximum absolute atomic E-state index is 10.6. The molecule has 0 unspecified atom stereocenters. The van der Waals surface area contributed by atoms with Crippen molar-refractivity contribution in [2.45, 2.75) is 0 Å². The van der Waals surface area contributed by atoms with Crippen LogP contribution >= 0.6 is 0 Å². The normalized spacial score (nSPS) is 16.2. The molecule has 514 valence electrons. The highest BCUT2D eigenvalue weighted by Gasteiger charge is 2.55. The summed E-state index contributed by atoms with van der Waals surface area (Å²) in [6, 6.07) is 61.6. The van der Waals surface area contributed by atoms with E-state index < -0.39 is 165 Å². The second kappa shape index (κ2) is 22.6. The molecule has 0 atom stereocenters. The highest BCUT2D eigenvalue weighted by Crippen LogP contribution is 2.57. The van der Waals surface area contributed by atoms with Crippen LogP contribution in [0.4, 0.5) is 34.1 Å². The SMILES string of the molecule is [2H]c1c([2H])c([2H])c2c(c1[2H])Oc1c3c(cc4c1B2c1c([2H])c([2H])c([2H])c2c5c([2H])c([2H])c([2H])c([2H])c5n-4c12)N(c1c(-c2ccccc2)cccc1-c1ccccc1)c1cc(-n2c4ccccc4c4ccccc42)cc2c1B3c1c(cc3c4c1Oc1c([2H])c([2H])c([2H])c([2H])c1B4c1c([2H])c([2H])c([2H])c4c5c([2H])c([2H])c([2H])c([2H])c5n-3c14)N2c1c(-c2ccccc2)cccc1-c1ccccc1. The first-order valence-electron chi connectivity index (χ1n) is 48.1. The van der Waals surface area contributed by atoms with Gasteiger partial charge >= 0.3 is 0 Å². The minimum absolute atomic E-state index is 0.0161. The Morgan fingerprint density at radius 2 is 0.598 bits per heavy atom. The Hall–Kier alpha value is -14.5. The van der Waals surface area contributed by atoms with Crippen LogP contribution in [-0.4, -0.2) is 33.8 Å². The largest absolute Gasteiger partial charge is 0.459 e. The Bertz CT molecular complexity index is 8350. The van der Waals surface area contributed by atoms with Crippen molar-refractivity contribution in [1.29, 1.82) is 0 Å². The summed E-state index contributed by atoms with van der Waals surface area (Å²) in [5.41, 5.74) is 10.4. The average molecular weight is 1440 g/mol. The molecule has 0 amide bonds. The summed E-state index contributed by atoms with van der Waals surface area (Å²) in [4.78, 5) is 4.31. The van der Waals surface area contributed by atoms with Crippen LogP contribution in [0, 0.1) is 0 Å². The first kappa shape index (κ1) is 43.5. The molecule has 112 heavy (non-hydrogen) atoms. The van der Waals surface area contributed by atoms with Crippen LogP contribution in [0.15, 0.2) is 363 Å². The molecule has 17 aromatic carbocycles. The lowest BCUT2D eigenvalue weighted by atomic mass is 9.28. The van der Waals surface area contributed by atoms with E-state index in [1.165, 1.54) is 0 Å². The fourth-order valence-electron chi connectivity index (χ4n) is 19.5. The molecule has 9 heterocycles. The Kier molecular flexibility index (Phi) is 8.77. The molecule has 0 N–H and O–H groups in total. The Labute approximate surface area is 677 Å². The predicted octanol–water partition coefficient (Wildman–Crippen LogP) is 19.6. The molecule has 10 heteroatoms. The zero-order valence-electron chi connectivity index (χ0n) is 80.7. The van der Waals surface area contributed by atoms with Crippen molar-refractivity contribution >= 4 is 169 Å². The van der Waals surface area contributed by atoms with E-state index in [1.807, 2.05) is 194 Å². The number of anilines is 6. The Morgan fingerprint density at radius 3 is 1.03 bits per heavy atom. The first-order chi connectivity index (χ1) is 64.8.